The van der Waals surface area contributed by atoms with Crippen LogP contribution < -0.4 is 0 Å². The first kappa shape index (κ1) is 18.6. The van der Waals surface area contributed by atoms with E-state index >= 15 is 0 Å². The van der Waals surface area contributed by atoms with Crippen molar-refractivity contribution >= 4 is 27.1 Å². The van der Waals surface area contributed by atoms with Gasteiger partial charge in [0.05, 0.1) is 11.5 Å². The fourth-order valence-electron chi connectivity index (χ4n) is 3.62. The van der Waals surface area contributed by atoms with E-state index in [2.05, 4.69) is 31.0 Å². The molecule has 1 saturated heterocycles. The molecule has 1 aromatic heterocycles. The van der Waals surface area contributed by atoms with Crippen molar-refractivity contribution in [1.29, 1.82) is 0 Å². The number of aromatic nitrogens is 1. The summed E-state index contributed by atoms with van der Waals surface area (Å²) >= 11 is 1.46. The Bertz CT molecular complexity index is 944. The first-order chi connectivity index (χ1) is 12.8. The van der Waals surface area contributed by atoms with Gasteiger partial charge in [0.25, 0.3) is 5.91 Å². The number of hydrogen-bond acceptors (Lipinski definition) is 5. The molecular formula is C20H24N2O3S2. The second-order valence-electron chi connectivity index (χ2n) is 7.82. The topological polar surface area (TPSA) is 67.3 Å². The van der Waals surface area contributed by atoms with Gasteiger partial charge in [-0.05, 0) is 30.7 Å². The average Bonchev–Trinajstić information content (AvgIpc) is 3.21. The standard InChI is InChI=1S/C20H24N2O3S2/c1-13(2)14-3-5-15(6-4-14)19-21-18(11-26-19)20(23)22(16-7-8-16)17-9-10-27(24,25)12-17/h3-6,11,13,16-17H,7-10,12H2,1-2H3. The third kappa shape index (κ3) is 3.94. The van der Waals surface area contributed by atoms with Gasteiger partial charge in [0, 0.05) is 23.0 Å². The van der Waals surface area contributed by atoms with Gasteiger partial charge in [-0.2, -0.15) is 0 Å². The molecule has 0 bridgehead atoms. The zero-order valence-electron chi connectivity index (χ0n) is 15.6. The lowest BCUT2D eigenvalue weighted by atomic mass is 10.0. The van der Waals surface area contributed by atoms with Crippen LogP contribution in [0.2, 0.25) is 0 Å². The maximum absolute atomic E-state index is 13.1. The van der Waals surface area contributed by atoms with Gasteiger partial charge < -0.3 is 4.90 Å². The number of sulfone groups is 1. The lowest BCUT2D eigenvalue weighted by molar-refractivity contribution is 0.0675. The lowest BCUT2D eigenvalue weighted by Crippen LogP contribution is -2.42. The Morgan fingerprint density at radius 3 is 2.41 bits per heavy atom. The van der Waals surface area contributed by atoms with Crippen LogP contribution in [0.3, 0.4) is 0 Å². The molecule has 2 heterocycles. The Morgan fingerprint density at radius 1 is 1.15 bits per heavy atom. The fraction of sp³-hybridized carbons (Fsp3) is 0.500. The van der Waals surface area contributed by atoms with Gasteiger partial charge in [-0.1, -0.05) is 38.1 Å². The minimum absolute atomic E-state index is 0.0862. The molecule has 1 unspecified atom stereocenters. The van der Waals surface area contributed by atoms with Crippen molar-refractivity contribution in [3.05, 3.63) is 40.9 Å². The van der Waals surface area contributed by atoms with Crippen molar-refractivity contribution in [2.45, 2.75) is 51.1 Å². The normalized spacial score (nSPS) is 21.5. The first-order valence-electron chi connectivity index (χ1n) is 9.43. The third-order valence-electron chi connectivity index (χ3n) is 5.32. The van der Waals surface area contributed by atoms with E-state index in [4.69, 9.17) is 0 Å². The third-order valence-corrected chi connectivity index (χ3v) is 7.97. The van der Waals surface area contributed by atoms with Gasteiger partial charge in [-0.15, -0.1) is 11.3 Å². The lowest BCUT2D eigenvalue weighted by Gasteiger charge is -2.27. The predicted octanol–water partition coefficient (Wildman–Crippen LogP) is 3.73. The molecule has 1 atom stereocenters. The Kier molecular flexibility index (Phi) is 4.84. The molecule has 27 heavy (non-hydrogen) atoms. The molecule has 144 valence electrons. The summed E-state index contributed by atoms with van der Waals surface area (Å²) in [4.78, 5) is 19.5. The molecule has 7 heteroatoms. The maximum Gasteiger partial charge on any atom is 0.273 e. The fourth-order valence-corrected chi connectivity index (χ4v) is 6.14. The van der Waals surface area contributed by atoms with Crippen LogP contribution >= 0.6 is 11.3 Å². The minimum atomic E-state index is -3.02. The van der Waals surface area contributed by atoms with Gasteiger partial charge in [-0.3, -0.25) is 4.79 Å². The molecule has 1 amide bonds. The Morgan fingerprint density at radius 2 is 1.85 bits per heavy atom. The summed E-state index contributed by atoms with van der Waals surface area (Å²) in [6.45, 7) is 4.32. The SMILES string of the molecule is CC(C)c1ccc(-c2nc(C(=O)N(C3CC3)C3CCS(=O)(=O)C3)cs2)cc1. The summed E-state index contributed by atoms with van der Waals surface area (Å²) in [7, 11) is -3.02. The van der Waals surface area contributed by atoms with Gasteiger partial charge in [-0.25, -0.2) is 13.4 Å². The van der Waals surface area contributed by atoms with Crippen molar-refractivity contribution in [2.75, 3.05) is 11.5 Å². The zero-order chi connectivity index (χ0) is 19.2. The molecule has 5 nitrogen and oxygen atoms in total. The molecule has 2 aromatic rings. The van der Waals surface area contributed by atoms with Gasteiger partial charge in [0.1, 0.15) is 10.7 Å². The number of thiazole rings is 1. The van der Waals surface area contributed by atoms with Crippen LogP contribution in [-0.4, -0.2) is 47.8 Å². The zero-order valence-corrected chi connectivity index (χ0v) is 17.2. The van der Waals surface area contributed by atoms with Crippen molar-refractivity contribution in [1.82, 2.24) is 9.88 Å². The molecule has 1 aromatic carbocycles. The van der Waals surface area contributed by atoms with Crippen molar-refractivity contribution < 1.29 is 13.2 Å². The highest BCUT2D eigenvalue weighted by Crippen LogP contribution is 2.34. The number of benzene rings is 1. The van der Waals surface area contributed by atoms with Crippen LogP contribution in [0.25, 0.3) is 10.6 Å². The molecule has 0 radical (unpaired) electrons. The number of nitrogens with zero attached hydrogens (tertiary/aromatic N) is 2. The predicted molar refractivity (Wildman–Crippen MR) is 108 cm³/mol. The molecule has 4 rings (SSSR count). The van der Waals surface area contributed by atoms with Gasteiger partial charge >= 0.3 is 0 Å². The van der Waals surface area contributed by atoms with Crippen LogP contribution in [0.1, 0.15) is 55.1 Å². The summed E-state index contributed by atoms with van der Waals surface area (Å²) in [5.74, 6) is 0.616. The van der Waals surface area contributed by atoms with Crippen LogP contribution in [0.15, 0.2) is 29.6 Å². The second-order valence-corrected chi connectivity index (χ2v) is 10.9. The van der Waals surface area contributed by atoms with Gasteiger partial charge in [0.15, 0.2) is 9.84 Å². The Labute approximate surface area is 164 Å². The molecule has 1 aliphatic carbocycles. The molecular weight excluding hydrogens is 380 g/mol. The second kappa shape index (κ2) is 7.02. The summed E-state index contributed by atoms with van der Waals surface area (Å²) in [5.41, 5.74) is 2.71. The first-order valence-corrected chi connectivity index (χ1v) is 12.1. The number of amides is 1. The molecule has 2 fully saturated rings. The van der Waals surface area contributed by atoms with E-state index in [1.165, 1.54) is 16.9 Å². The van der Waals surface area contributed by atoms with Gasteiger partial charge in [0.2, 0.25) is 0 Å². The molecule has 2 aliphatic rings. The number of hydrogen-bond donors (Lipinski definition) is 0. The van der Waals surface area contributed by atoms with Crippen molar-refractivity contribution in [3.63, 3.8) is 0 Å². The van der Waals surface area contributed by atoms with Crippen molar-refractivity contribution in [3.8, 4) is 10.6 Å². The van der Waals surface area contributed by atoms with Crippen LogP contribution in [-0.2, 0) is 9.84 Å². The highest BCUT2D eigenvalue weighted by Gasteiger charge is 2.42. The van der Waals surface area contributed by atoms with E-state index in [1.54, 1.807) is 10.3 Å². The van der Waals surface area contributed by atoms with E-state index in [-0.39, 0.29) is 29.5 Å². The number of carbonyl (C=O) groups is 1. The number of rotatable bonds is 5. The Hall–Kier alpha value is -1.73. The summed E-state index contributed by atoms with van der Waals surface area (Å²) in [6, 6.07) is 8.26. The molecule has 0 N–H and O–H groups in total. The van der Waals surface area contributed by atoms with E-state index in [9.17, 15) is 13.2 Å². The smallest absolute Gasteiger partial charge is 0.273 e. The monoisotopic (exact) mass is 404 g/mol. The van der Waals surface area contributed by atoms with E-state index in [0.717, 1.165) is 23.4 Å². The van der Waals surface area contributed by atoms with E-state index in [1.807, 2.05) is 12.1 Å². The summed E-state index contributed by atoms with van der Waals surface area (Å²) in [5, 5.41) is 2.62. The molecule has 1 saturated carbocycles. The Balaban J connectivity index is 1.55. The van der Waals surface area contributed by atoms with E-state index < -0.39 is 9.84 Å². The van der Waals surface area contributed by atoms with Crippen LogP contribution in [0.5, 0.6) is 0 Å². The van der Waals surface area contributed by atoms with Crippen LogP contribution in [0.4, 0.5) is 0 Å². The molecule has 1 aliphatic heterocycles. The highest BCUT2D eigenvalue weighted by molar-refractivity contribution is 7.91. The minimum Gasteiger partial charge on any atom is -0.330 e. The number of carbonyl (C=O) groups excluding carboxylic acids is 1. The largest absolute Gasteiger partial charge is 0.330 e. The average molecular weight is 405 g/mol. The molecule has 0 spiro atoms. The van der Waals surface area contributed by atoms with Crippen LogP contribution in [0, 0.1) is 0 Å². The quantitative estimate of drug-likeness (QED) is 0.762. The van der Waals surface area contributed by atoms with E-state index in [0.29, 0.717) is 18.0 Å². The maximum atomic E-state index is 13.1. The summed E-state index contributed by atoms with van der Waals surface area (Å²) < 4.78 is 23.7. The summed E-state index contributed by atoms with van der Waals surface area (Å²) in [6.07, 6.45) is 2.45. The highest BCUT2D eigenvalue weighted by atomic mass is 32.2. The van der Waals surface area contributed by atoms with Crippen molar-refractivity contribution in [2.24, 2.45) is 0 Å².